The molecule has 0 radical (unpaired) electrons. The van der Waals surface area contributed by atoms with Crippen molar-refractivity contribution in [1.29, 1.82) is 0 Å². The Labute approximate surface area is 95.3 Å². The first-order valence-electron chi connectivity index (χ1n) is 5.62. The van der Waals surface area contributed by atoms with E-state index in [9.17, 15) is 0 Å². The molecular weight excluding hydrogens is 206 g/mol. The lowest BCUT2D eigenvalue weighted by atomic mass is 9.96. The number of hydrogen-bond donors (Lipinski definition) is 1. The van der Waals surface area contributed by atoms with Crippen molar-refractivity contribution in [3.63, 3.8) is 0 Å². The van der Waals surface area contributed by atoms with Crippen LogP contribution in [0.1, 0.15) is 29.5 Å². The van der Waals surface area contributed by atoms with Crippen molar-refractivity contribution in [2.45, 2.75) is 25.2 Å². The SMILES string of the molecule is CN1CCCC(c2csc(CCN)n2)C1. The van der Waals surface area contributed by atoms with Crippen LogP contribution in [-0.2, 0) is 6.42 Å². The minimum Gasteiger partial charge on any atom is -0.330 e. The van der Waals surface area contributed by atoms with Crippen LogP contribution in [0.4, 0.5) is 0 Å². The summed E-state index contributed by atoms with van der Waals surface area (Å²) in [5.41, 5.74) is 6.82. The smallest absolute Gasteiger partial charge is 0.0940 e. The number of likely N-dealkylation sites (tertiary alicyclic amines) is 1. The Morgan fingerprint density at radius 2 is 2.53 bits per heavy atom. The Bertz CT molecular complexity index is 311. The lowest BCUT2D eigenvalue weighted by Crippen LogP contribution is -2.30. The van der Waals surface area contributed by atoms with Gasteiger partial charge in [-0.05, 0) is 33.0 Å². The molecule has 2 rings (SSSR count). The molecule has 1 fully saturated rings. The maximum absolute atomic E-state index is 5.53. The van der Waals surface area contributed by atoms with Crippen LogP contribution in [0.3, 0.4) is 0 Å². The lowest BCUT2D eigenvalue weighted by Gasteiger charge is -2.28. The van der Waals surface area contributed by atoms with E-state index in [1.54, 1.807) is 11.3 Å². The van der Waals surface area contributed by atoms with Gasteiger partial charge in [0.15, 0.2) is 0 Å². The molecule has 4 heteroatoms. The Morgan fingerprint density at radius 3 is 3.27 bits per heavy atom. The third-order valence-electron chi connectivity index (χ3n) is 2.97. The average Bonchev–Trinajstić information content (AvgIpc) is 2.67. The number of rotatable bonds is 3. The van der Waals surface area contributed by atoms with Crippen molar-refractivity contribution >= 4 is 11.3 Å². The molecule has 3 nitrogen and oxygen atoms in total. The molecule has 1 saturated heterocycles. The van der Waals surface area contributed by atoms with Crippen LogP contribution in [0.5, 0.6) is 0 Å². The van der Waals surface area contributed by atoms with E-state index in [0.29, 0.717) is 12.5 Å². The third kappa shape index (κ3) is 2.77. The van der Waals surface area contributed by atoms with Gasteiger partial charge in [0.05, 0.1) is 10.7 Å². The number of likely N-dealkylation sites (N-methyl/N-ethyl adjacent to an activating group) is 1. The fourth-order valence-corrected chi connectivity index (χ4v) is 3.05. The highest BCUT2D eigenvalue weighted by molar-refractivity contribution is 7.09. The Balaban J connectivity index is 2.01. The summed E-state index contributed by atoms with van der Waals surface area (Å²) in [7, 11) is 2.19. The van der Waals surface area contributed by atoms with E-state index in [1.165, 1.54) is 30.1 Å². The summed E-state index contributed by atoms with van der Waals surface area (Å²) in [6.45, 7) is 3.10. The standard InChI is InChI=1S/C11H19N3S/c1-14-6-2-3-9(7-14)10-8-15-11(13-10)4-5-12/h8-9H,2-7,12H2,1H3. The Morgan fingerprint density at radius 1 is 1.67 bits per heavy atom. The molecule has 0 aromatic carbocycles. The first-order valence-corrected chi connectivity index (χ1v) is 6.50. The lowest BCUT2D eigenvalue weighted by molar-refractivity contribution is 0.249. The summed E-state index contributed by atoms with van der Waals surface area (Å²) in [4.78, 5) is 7.07. The first kappa shape index (κ1) is 11.0. The first-order chi connectivity index (χ1) is 7.29. The van der Waals surface area contributed by atoms with Gasteiger partial charge in [0.2, 0.25) is 0 Å². The summed E-state index contributed by atoms with van der Waals surface area (Å²) in [6.07, 6.45) is 3.51. The van der Waals surface area contributed by atoms with Crippen LogP contribution in [0.2, 0.25) is 0 Å². The summed E-state index contributed by atoms with van der Waals surface area (Å²) >= 11 is 1.76. The number of thiazole rings is 1. The summed E-state index contributed by atoms with van der Waals surface area (Å²) in [5, 5.41) is 3.41. The van der Waals surface area contributed by atoms with E-state index in [2.05, 4.69) is 22.3 Å². The minimum atomic E-state index is 0.645. The Hall–Kier alpha value is -0.450. The van der Waals surface area contributed by atoms with Gasteiger partial charge in [-0.15, -0.1) is 11.3 Å². The molecule has 2 N–H and O–H groups in total. The predicted molar refractivity (Wildman–Crippen MR) is 64.3 cm³/mol. The zero-order valence-corrected chi connectivity index (χ0v) is 10.1. The van der Waals surface area contributed by atoms with Crippen LogP contribution < -0.4 is 5.73 Å². The van der Waals surface area contributed by atoms with Gasteiger partial charge in [-0.3, -0.25) is 0 Å². The largest absolute Gasteiger partial charge is 0.330 e. The van der Waals surface area contributed by atoms with E-state index < -0.39 is 0 Å². The van der Waals surface area contributed by atoms with Crippen molar-refractivity contribution < 1.29 is 0 Å². The molecule has 1 unspecified atom stereocenters. The fraction of sp³-hybridized carbons (Fsp3) is 0.727. The van der Waals surface area contributed by atoms with E-state index >= 15 is 0 Å². The highest BCUT2D eigenvalue weighted by atomic mass is 32.1. The van der Waals surface area contributed by atoms with Crippen molar-refractivity contribution in [2.75, 3.05) is 26.7 Å². The number of aromatic nitrogens is 1. The molecule has 15 heavy (non-hydrogen) atoms. The summed E-state index contributed by atoms with van der Waals surface area (Å²) in [5.74, 6) is 0.645. The van der Waals surface area contributed by atoms with E-state index in [4.69, 9.17) is 5.73 Å². The van der Waals surface area contributed by atoms with E-state index in [0.717, 1.165) is 13.0 Å². The van der Waals surface area contributed by atoms with E-state index in [-0.39, 0.29) is 0 Å². The molecule has 1 aromatic rings. The second-order valence-electron chi connectivity index (χ2n) is 4.31. The molecule has 0 aliphatic carbocycles. The number of piperidine rings is 1. The number of nitrogens with zero attached hydrogens (tertiary/aromatic N) is 2. The van der Waals surface area contributed by atoms with Crippen molar-refractivity contribution in [3.8, 4) is 0 Å². The molecule has 0 amide bonds. The average molecular weight is 225 g/mol. The Kier molecular flexibility index (Phi) is 3.72. The maximum Gasteiger partial charge on any atom is 0.0940 e. The second-order valence-corrected chi connectivity index (χ2v) is 5.25. The highest BCUT2D eigenvalue weighted by Crippen LogP contribution is 2.27. The van der Waals surface area contributed by atoms with Crippen molar-refractivity contribution in [1.82, 2.24) is 9.88 Å². The predicted octanol–water partition coefficient (Wildman–Crippen LogP) is 1.45. The van der Waals surface area contributed by atoms with Crippen LogP contribution in [-0.4, -0.2) is 36.6 Å². The molecule has 0 saturated carbocycles. The van der Waals surface area contributed by atoms with E-state index in [1.807, 2.05) is 0 Å². The quantitative estimate of drug-likeness (QED) is 0.846. The van der Waals surface area contributed by atoms with Gasteiger partial charge in [0, 0.05) is 24.3 Å². The topological polar surface area (TPSA) is 42.1 Å². The normalized spacial score (nSPS) is 23.2. The monoisotopic (exact) mass is 225 g/mol. The van der Waals surface area contributed by atoms with Crippen LogP contribution in [0.15, 0.2) is 5.38 Å². The number of hydrogen-bond acceptors (Lipinski definition) is 4. The molecule has 0 spiro atoms. The highest BCUT2D eigenvalue weighted by Gasteiger charge is 2.20. The van der Waals surface area contributed by atoms with Gasteiger partial charge in [-0.25, -0.2) is 4.98 Å². The fourth-order valence-electron chi connectivity index (χ4n) is 2.16. The van der Waals surface area contributed by atoms with Gasteiger partial charge in [-0.2, -0.15) is 0 Å². The molecule has 84 valence electrons. The molecule has 0 bridgehead atoms. The molecule has 1 atom stereocenters. The zero-order valence-electron chi connectivity index (χ0n) is 9.28. The molecular formula is C11H19N3S. The zero-order chi connectivity index (χ0) is 10.7. The van der Waals surface area contributed by atoms with Gasteiger partial charge in [0.25, 0.3) is 0 Å². The van der Waals surface area contributed by atoms with Gasteiger partial charge >= 0.3 is 0 Å². The third-order valence-corrected chi connectivity index (χ3v) is 3.90. The number of nitrogens with two attached hydrogens (primary N) is 1. The van der Waals surface area contributed by atoms with Crippen LogP contribution in [0, 0.1) is 0 Å². The molecule has 2 heterocycles. The summed E-state index contributed by atoms with van der Waals surface area (Å²) in [6, 6.07) is 0. The molecule has 1 aliphatic heterocycles. The van der Waals surface area contributed by atoms with Crippen molar-refractivity contribution in [3.05, 3.63) is 16.1 Å². The minimum absolute atomic E-state index is 0.645. The second kappa shape index (κ2) is 5.05. The molecule has 1 aromatic heterocycles. The van der Waals surface area contributed by atoms with Gasteiger partial charge in [-0.1, -0.05) is 0 Å². The molecule has 1 aliphatic rings. The van der Waals surface area contributed by atoms with Gasteiger partial charge < -0.3 is 10.6 Å². The van der Waals surface area contributed by atoms with Crippen LogP contribution >= 0.6 is 11.3 Å². The van der Waals surface area contributed by atoms with Crippen molar-refractivity contribution in [2.24, 2.45) is 5.73 Å². The van der Waals surface area contributed by atoms with Gasteiger partial charge in [0.1, 0.15) is 0 Å². The maximum atomic E-state index is 5.53. The summed E-state index contributed by atoms with van der Waals surface area (Å²) < 4.78 is 0. The van der Waals surface area contributed by atoms with Crippen LogP contribution in [0.25, 0.3) is 0 Å².